The summed E-state index contributed by atoms with van der Waals surface area (Å²) in [4.78, 5) is 14.5. The molecule has 1 amide bonds. The highest BCUT2D eigenvalue weighted by Gasteiger charge is 2.23. The highest BCUT2D eigenvalue weighted by atomic mass is 16.2. The van der Waals surface area contributed by atoms with Gasteiger partial charge in [0.2, 0.25) is 5.91 Å². The van der Waals surface area contributed by atoms with Crippen LogP contribution in [0.3, 0.4) is 0 Å². The molecule has 0 aromatic heterocycles. The Morgan fingerprint density at radius 1 is 1.14 bits per heavy atom. The fourth-order valence-electron chi connectivity index (χ4n) is 3.19. The van der Waals surface area contributed by atoms with E-state index in [0.717, 1.165) is 18.5 Å². The number of carbonyl (C=O) groups is 1. The molecule has 116 valence electrons. The number of hydrogen-bond donors (Lipinski definition) is 1. The number of nitrogens with one attached hydrogen (secondary N) is 1. The molecule has 22 heavy (non-hydrogen) atoms. The zero-order valence-electron chi connectivity index (χ0n) is 13.4. The van der Waals surface area contributed by atoms with Crippen LogP contribution in [0.5, 0.6) is 0 Å². The van der Waals surface area contributed by atoms with Gasteiger partial charge in [-0.3, -0.25) is 4.79 Å². The Kier molecular flexibility index (Phi) is 4.32. The number of likely N-dealkylation sites (N-methyl/N-ethyl adjacent to an activating group) is 1. The lowest BCUT2D eigenvalue weighted by molar-refractivity contribution is -0.122. The number of anilines is 1. The first kappa shape index (κ1) is 14.9. The second kappa shape index (κ2) is 6.39. The molecule has 0 spiro atoms. The average molecular weight is 296 g/mol. The fourth-order valence-corrected chi connectivity index (χ4v) is 3.19. The first-order chi connectivity index (χ1) is 10.6. The smallest absolute Gasteiger partial charge is 0.242 e. The SMILES string of the molecule is C[C@@H](C(=O)NC1CCCC1)N(C)c1ccc2ccccc2c1. The molecule has 1 atom stereocenters. The summed E-state index contributed by atoms with van der Waals surface area (Å²) in [7, 11) is 1.99. The van der Waals surface area contributed by atoms with Gasteiger partial charge in [-0.1, -0.05) is 43.2 Å². The van der Waals surface area contributed by atoms with Gasteiger partial charge in [-0.2, -0.15) is 0 Å². The van der Waals surface area contributed by atoms with E-state index >= 15 is 0 Å². The van der Waals surface area contributed by atoms with Crippen molar-refractivity contribution in [3.05, 3.63) is 42.5 Å². The van der Waals surface area contributed by atoms with E-state index in [-0.39, 0.29) is 11.9 Å². The first-order valence-electron chi connectivity index (χ1n) is 8.17. The van der Waals surface area contributed by atoms with Gasteiger partial charge >= 0.3 is 0 Å². The van der Waals surface area contributed by atoms with Crippen LogP contribution in [0.25, 0.3) is 10.8 Å². The molecule has 0 unspecified atom stereocenters. The lowest BCUT2D eigenvalue weighted by Crippen LogP contribution is -2.46. The zero-order valence-corrected chi connectivity index (χ0v) is 13.4. The Hall–Kier alpha value is -2.03. The van der Waals surface area contributed by atoms with Crippen LogP contribution < -0.4 is 10.2 Å². The predicted molar refractivity (Wildman–Crippen MR) is 92.2 cm³/mol. The second-order valence-corrected chi connectivity index (χ2v) is 6.31. The highest BCUT2D eigenvalue weighted by Crippen LogP contribution is 2.23. The van der Waals surface area contributed by atoms with Gasteiger partial charge in [-0.25, -0.2) is 0 Å². The van der Waals surface area contributed by atoms with Crippen LogP contribution in [0.1, 0.15) is 32.6 Å². The topological polar surface area (TPSA) is 32.3 Å². The van der Waals surface area contributed by atoms with Gasteiger partial charge < -0.3 is 10.2 Å². The number of benzene rings is 2. The van der Waals surface area contributed by atoms with Gasteiger partial charge in [-0.05, 0) is 42.7 Å². The maximum Gasteiger partial charge on any atom is 0.242 e. The molecule has 0 aliphatic heterocycles. The van der Waals surface area contributed by atoms with Crippen LogP contribution in [0, 0.1) is 0 Å². The Morgan fingerprint density at radius 3 is 2.55 bits per heavy atom. The third kappa shape index (κ3) is 3.08. The second-order valence-electron chi connectivity index (χ2n) is 6.31. The van der Waals surface area contributed by atoms with Gasteiger partial charge in [0.05, 0.1) is 0 Å². The van der Waals surface area contributed by atoms with Crippen molar-refractivity contribution in [2.45, 2.75) is 44.7 Å². The molecule has 0 radical (unpaired) electrons. The van der Waals surface area contributed by atoms with Crippen LogP contribution in [-0.4, -0.2) is 25.0 Å². The zero-order chi connectivity index (χ0) is 15.5. The largest absolute Gasteiger partial charge is 0.363 e. The summed E-state index contributed by atoms with van der Waals surface area (Å²) >= 11 is 0. The van der Waals surface area contributed by atoms with Crippen LogP contribution in [0.15, 0.2) is 42.5 Å². The number of amides is 1. The number of rotatable bonds is 4. The molecule has 1 aliphatic carbocycles. The van der Waals surface area contributed by atoms with Crippen LogP contribution in [-0.2, 0) is 4.79 Å². The van der Waals surface area contributed by atoms with Crippen molar-refractivity contribution in [2.75, 3.05) is 11.9 Å². The number of hydrogen-bond acceptors (Lipinski definition) is 2. The minimum absolute atomic E-state index is 0.127. The lowest BCUT2D eigenvalue weighted by Gasteiger charge is -2.27. The summed E-state index contributed by atoms with van der Waals surface area (Å²) in [5.41, 5.74) is 1.08. The van der Waals surface area contributed by atoms with Crippen LogP contribution >= 0.6 is 0 Å². The quantitative estimate of drug-likeness (QED) is 0.932. The van der Waals surface area contributed by atoms with E-state index in [1.165, 1.54) is 23.6 Å². The number of nitrogens with zero attached hydrogens (tertiary/aromatic N) is 1. The number of fused-ring (bicyclic) bond motifs is 1. The van der Waals surface area contributed by atoms with Crippen molar-refractivity contribution in [1.82, 2.24) is 5.32 Å². The molecule has 1 aliphatic rings. The molecule has 2 aromatic carbocycles. The highest BCUT2D eigenvalue weighted by molar-refractivity contribution is 5.88. The molecule has 0 bridgehead atoms. The summed E-state index contributed by atoms with van der Waals surface area (Å²) in [6.45, 7) is 1.97. The van der Waals surface area contributed by atoms with Crippen LogP contribution in [0.4, 0.5) is 5.69 Å². The minimum atomic E-state index is -0.165. The van der Waals surface area contributed by atoms with E-state index < -0.39 is 0 Å². The van der Waals surface area contributed by atoms with Crippen molar-refractivity contribution in [3.63, 3.8) is 0 Å². The van der Waals surface area contributed by atoms with E-state index in [1.54, 1.807) is 0 Å². The summed E-state index contributed by atoms with van der Waals surface area (Å²) in [6, 6.07) is 14.9. The lowest BCUT2D eigenvalue weighted by atomic mass is 10.1. The molecule has 2 aromatic rings. The summed E-state index contributed by atoms with van der Waals surface area (Å²) in [6.07, 6.45) is 4.72. The summed E-state index contributed by atoms with van der Waals surface area (Å²) in [5, 5.41) is 5.61. The maximum atomic E-state index is 12.4. The van der Waals surface area contributed by atoms with Crippen molar-refractivity contribution in [2.24, 2.45) is 0 Å². The van der Waals surface area contributed by atoms with Gasteiger partial charge in [0, 0.05) is 18.8 Å². The first-order valence-corrected chi connectivity index (χ1v) is 8.17. The molecule has 1 N–H and O–H groups in total. The van der Waals surface area contributed by atoms with Gasteiger partial charge in [-0.15, -0.1) is 0 Å². The normalized spacial score (nSPS) is 16.6. The molecular formula is C19H24N2O. The van der Waals surface area contributed by atoms with Crippen LogP contribution in [0.2, 0.25) is 0 Å². The third-order valence-electron chi connectivity index (χ3n) is 4.80. The Balaban J connectivity index is 1.72. The Morgan fingerprint density at radius 2 is 1.82 bits per heavy atom. The third-order valence-corrected chi connectivity index (χ3v) is 4.80. The molecule has 3 rings (SSSR count). The molecule has 1 saturated carbocycles. The Bertz CT molecular complexity index is 661. The summed E-state index contributed by atoms with van der Waals surface area (Å²) < 4.78 is 0. The van der Waals surface area contributed by atoms with E-state index in [0.29, 0.717) is 6.04 Å². The molecule has 3 heteroatoms. The Labute approximate surface area is 132 Å². The molecule has 3 nitrogen and oxygen atoms in total. The minimum Gasteiger partial charge on any atom is -0.363 e. The van der Waals surface area contributed by atoms with E-state index in [2.05, 4.69) is 40.5 Å². The molecular weight excluding hydrogens is 272 g/mol. The van der Waals surface area contributed by atoms with Crippen molar-refractivity contribution in [1.29, 1.82) is 0 Å². The van der Waals surface area contributed by atoms with Gasteiger partial charge in [0.15, 0.2) is 0 Å². The van der Waals surface area contributed by atoms with E-state index in [4.69, 9.17) is 0 Å². The predicted octanol–water partition coefficient (Wildman–Crippen LogP) is 3.72. The van der Waals surface area contributed by atoms with E-state index in [9.17, 15) is 4.79 Å². The van der Waals surface area contributed by atoms with E-state index in [1.807, 2.05) is 26.1 Å². The number of carbonyl (C=O) groups excluding carboxylic acids is 1. The average Bonchev–Trinajstić information content (AvgIpc) is 3.06. The monoisotopic (exact) mass is 296 g/mol. The van der Waals surface area contributed by atoms with Crippen molar-refractivity contribution in [3.8, 4) is 0 Å². The van der Waals surface area contributed by atoms with Crippen molar-refractivity contribution >= 4 is 22.4 Å². The van der Waals surface area contributed by atoms with Gasteiger partial charge in [0.25, 0.3) is 0 Å². The summed E-state index contributed by atoms with van der Waals surface area (Å²) in [5.74, 6) is 0.127. The van der Waals surface area contributed by atoms with Gasteiger partial charge in [0.1, 0.15) is 6.04 Å². The maximum absolute atomic E-state index is 12.4. The molecule has 0 heterocycles. The van der Waals surface area contributed by atoms with Crippen molar-refractivity contribution < 1.29 is 4.79 Å². The standard InChI is InChI=1S/C19H24N2O/c1-14(19(22)20-17-9-5-6-10-17)21(2)18-12-11-15-7-3-4-8-16(15)13-18/h3-4,7-8,11-14,17H,5-6,9-10H2,1-2H3,(H,20,22)/t14-/m0/s1. The molecule has 0 saturated heterocycles. The fraction of sp³-hybridized carbons (Fsp3) is 0.421. The molecule has 1 fully saturated rings.